The van der Waals surface area contributed by atoms with Gasteiger partial charge in [0.05, 0.1) is 6.54 Å². The second kappa shape index (κ2) is 7.32. The Kier molecular flexibility index (Phi) is 5.45. The minimum absolute atomic E-state index is 0.543. The molecule has 1 N–H and O–H groups in total. The molecule has 0 aliphatic carbocycles. The quantitative estimate of drug-likeness (QED) is 0.819. The van der Waals surface area contributed by atoms with Crippen LogP contribution in [0.15, 0.2) is 34.7 Å². The molecule has 0 aliphatic rings. The van der Waals surface area contributed by atoms with Crippen molar-refractivity contribution in [3.63, 3.8) is 0 Å². The number of furan rings is 1. The number of ether oxygens (including phenoxy) is 1. The normalized spacial score (nSPS) is 12.4. The lowest BCUT2D eigenvalue weighted by molar-refractivity contribution is 0.303. The Morgan fingerprint density at radius 3 is 2.57 bits per heavy atom. The van der Waals surface area contributed by atoms with Gasteiger partial charge in [-0.25, -0.2) is 0 Å². The van der Waals surface area contributed by atoms with E-state index in [0.29, 0.717) is 12.5 Å². The number of nitrogens with one attached hydrogen (secondary N) is 1. The van der Waals surface area contributed by atoms with Gasteiger partial charge in [0, 0.05) is 5.56 Å². The molecule has 21 heavy (non-hydrogen) atoms. The summed E-state index contributed by atoms with van der Waals surface area (Å²) in [6.45, 7) is 7.71. The van der Waals surface area contributed by atoms with Crippen LogP contribution in [0.3, 0.4) is 0 Å². The Morgan fingerprint density at radius 2 is 1.95 bits per heavy atom. The van der Waals surface area contributed by atoms with Crippen LogP contribution in [0.4, 0.5) is 0 Å². The topological polar surface area (TPSA) is 34.4 Å². The zero-order valence-corrected chi connectivity index (χ0v) is 13.4. The van der Waals surface area contributed by atoms with Crippen molar-refractivity contribution >= 4 is 0 Å². The third-order valence-corrected chi connectivity index (χ3v) is 3.88. The van der Waals surface area contributed by atoms with Gasteiger partial charge in [0.25, 0.3) is 0 Å². The molecular weight excluding hydrogens is 262 g/mol. The summed E-state index contributed by atoms with van der Waals surface area (Å²) in [5, 5.41) is 3.09. The first kappa shape index (κ1) is 15.6. The lowest BCUT2D eigenvalue weighted by Crippen LogP contribution is -2.03. The molecule has 114 valence electrons. The van der Waals surface area contributed by atoms with Gasteiger partial charge in [0.2, 0.25) is 0 Å². The van der Waals surface area contributed by atoms with E-state index < -0.39 is 0 Å². The highest BCUT2D eigenvalue weighted by molar-refractivity contribution is 5.30. The van der Waals surface area contributed by atoms with Crippen LogP contribution in [0.1, 0.15) is 48.8 Å². The predicted octanol–water partition coefficient (Wildman–Crippen LogP) is 4.40. The Bertz CT molecular complexity index is 557. The van der Waals surface area contributed by atoms with E-state index in [1.54, 1.807) is 0 Å². The molecule has 1 aromatic carbocycles. The molecule has 0 saturated heterocycles. The van der Waals surface area contributed by atoms with E-state index in [1.807, 2.05) is 26.1 Å². The average Bonchev–Trinajstić information content (AvgIpc) is 2.85. The van der Waals surface area contributed by atoms with Crippen molar-refractivity contribution in [3.05, 3.63) is 53.0 Å². The lowest BCUT2D eigenvalue weighted by Gasteiger charge is -2.10. The van der Waals surface area contributed by atoms with Gasteiger partial charge < -0.3 is 14.5 Å². The van der Waals surface area contributed by atoms with Crippen LogP contribution in [0.5, 0.6) is 5.75 Å². The molecule has 0 amide bonds. The van der Waals surface area contributed by atoms with E-state index in [9.17, 15) is 0 Å². The maximum Gasteiger partial charge on any atom is 0.119 e. The van der Waals surface area contributed by atoms with E-state index in [4.69, 9.17) is 9.15 Å². The molecule has 2 aromatic rings. The minimum Gasteiger partial charge on any atom is -0.489 e. The summed E-state index contributed by atoms with van der Waals surface area (Å²) >= 11 is 0. The molecule has 1 aromatic heterocycles. The van der Waals surface area contributed by atoms with E-state index in [0.717, 1.165) is 35.8 Å². The van der Waals surface area contributed by atoms with Crippen LogP contribution >= 0.6 is 0 Å². The van der Waals surface area contributed by atoms with Crippen LogP contribution in [0, 0.1) is 6.92 Å². The molecule has 3 nitrogen and oxygen atoms in total. The molecule has 1 heterocycles. The van der Waals surface area contributed by atoms with Crippen molar-refractivity contribution < 1.29 is 9.15 Å². The average molecular weight is 287 g/mol. The lowest BCUT2D eigenvalue weighted by atomic mass is 9.99. The first-order valence-electron chi connectivity index (χ1n) is 7.59. The second-order valence-corrected chi connectivity index (χ2v) is 5.49. The fraction of sp³-hybridized carbons (Fsp3) is 0.444. The number of aryl methyl sites for hydroxylation is 1. The highest BCUT2D eigenvalue weighted by Gasteiger charge is 2.08. The number of benzene rings is 1. The number of hydrogen-bond donors (Lipinski definition) is 1. The van der Waals surface area contributed by atoms with E-state index in [-0.39, 0.29) is 0 Å². The summed E-state index contributed by atoms with van der Waals surface area (Å²) in [5.41, 5.74) is 2.46. The van der Waals surface area contributed by atoms with Crippen molar-refractivity contribution in [2.45, 2.75) is 46.3 Å². The monoisotopic (exact) mass is 287 g/mol. The molecule has 1 unspecified atom stereocenters. The first-order chi connectivity index (χ1) is 10.1. The van der Waals surface area contributed by atoms with Crippen LogP contribution in [0.2, 0.25) is 0 Å². The van der Waals surface area contributed by atoms with Gasteiger partial charge in [-0.3, -0.25) is 0 Å². The molecule has 0 fully saturated rings. The van der Waals surface area contributed by atoms with Crippen molar-refractivity contribution in [2.24, 2.45) is 0 Å². The SMILES string of the molecule is CCC(C)c1ccc(OCc2cc(CNC)oc2C)cc1. The summed E-state index contributed by atoms with van der Waals surface area (Å²) in [5.74, 6) is 3.37. The van der Waals surface area contributed by atoms with E-state index in [2.05, 4.69) is 37.4 Å². The van der Waals surface area contributed by atoms with E-state index >= 15 is 0 Å². The van der Waals surface area contributed by atoms with Crippen molar-refractivity contribution in [2.75, 3.05) is 7.05 Å². The first-order valence-corrected chi connectivity index (χ1v) is 7.59. The molecule has 0 bridgehead atoms. The van der Waals surface area contributed by atoms with Gasteiger partial charge >= 0.3 is 0 Å². The Balaban J connectivity index is 1.96. The van der Waals surface area contributed by atoms with Crippen LogP contribution < -0.4 is 10.1 Å². The molecule has 3 heteroatoms. The zero-order valence-electron chi connectivity index (χ0n) is 13.4. The summed E-state index contributed by atoms with van der Waals surface area (Å²) in [4.78, 5) is 0. The zero-order chi connectivity index (χ0) is 15.2. The van der Waals surface area contributed by atoms with Gasteiger partial charge in [0.15, 0.2) is 0 Å². The van der Waals surface area contributed by atoms with Gasteiger partial charge in [0.1, 0.15) is 23.9 Å². The van der Waals surface area contributed by atoms with Crippen LogP contribution in [-0.2, 0) is 13.2 Å². The molecule has 0 radical (unpaired) electrons. The Morgan fingerprint density at radius 1 is 1.24 bits per heavy atom. The highest BCUT2D eigenvalue weighted by atomic mass is 16.5. The van der Waals surface area contributed by atoms with Crippen LogP contribution in [-0.4, -0.2) is 7.05 Å². The minimum atomic E-state index is 0.543. The van der Waals surface area contributed by atoms with Crippen molar-refractivity contribution in [1.29, 1.82) is 0 Å². The summed E-state index contributed by atoms with van der Waals surface area (Å²) in [6.07, 6.45) is 1.16. The smallest absolute Gasteiger partial charge is 0.119 e. The molecule has 1 atom stereocenters. The van der Waals surface area contributed by atoms with E-state index in [1.165, 1.54) is 5.56 Å². The molecule has 0 aliphatic heterocycles. The molecule has 2 rings (SSSR count). The largest absolute Gasteiger partial charge is 0.489 e. The number of hydrogen-bond acceptors (Lipinski definition) is 3. The molecule has 0 spiro atoms. The Hall–Kier alpha value is -1.74. The Labute approximate surface area is 127 Å². The van der Waals surface area contributed by atoms with Gasteiger partial charge in [-0.05, 0) is 50.1 Å². The fourth-order valence-electron chi connectivity index (χ4n) is 2.28. The van der Waals surface area contributed by atoms with Crippen LogP contribution in [0.25, 0.3) is 0 Å². The van der Waals surface area contributed by atoms with Crippen molar-refractivity contribution in [1.82, 2.24) is 5.32 Å². The third-order valence-electron chi connectivity index (χ3n) is 3.88. The molecule has 0 saturated carbocycles. The summed E-state index contributed by atoms with van der Waals surface area (Å²) < 4.78 is 11.5. The number of rotatable bonds is 7. The highest BCUT2D eigenvalue weighted by Crippen LogP contribution is 2.23. The standard InChI is InChI=1S/C18H25NO2/c1-5-13(2)15-6-8-17(9-7-15)20-12-16-10-18(11-19-4)21-14(16)3/h6-10,13,19H,5,11-12H2,1-4H3. The summed E-state index contributed by atoms with van der Waals surface area (Å²) in [7, 11) is 1.91. The fourth-order valence-corrected chi connectivity index (χ4v) is 2.28. The van der Waals surface area contributed by atoms with Gasteiger partial charge in [-0.2, -0.15) is 0 Å². The second-order valence-electron chi connectivity index (χ2n) is 5.49. The third kappa shape index (κ3) is 4.11. The maximum atomic E-state index is 5.85. The molecular formula is C18H25NO2. The van der Waals surface area contributed by atoms with Gasteiger partial charge in [-0.1, -0.05) is 26.0 Å². The van der Waals surface area contributed by atoms with Crippen molar-refractivity contribution in [3.8, 4) is 5.75 Å². The summed E-state index contributed by atoms with van der Waals surface area (Å²) in [6, 6.07) is 10.5. The maximum absolute atomic E-state index is 5.85. The van der Waals surface area contributed by atoms with Gasteiger partial charge in [-0.15, -0.1) is 0 Å². The predicted molar refractivity (Wildman–Crippen MR) is 85.7 cm³/mol.